The molecule has 1 saturated heterocycles. The van der Waals surface area contributed by atoms with Crippen LogP contribution in [0.5, 0.6) is 0 Å². The molecule has 1 aliphatic rings. The number of alkyl halides is 2. The summed E-state index contributed by atoms with van der Waals surface area (Å²) in [5.74, 6) is -0.212. The van der Waals surface area contributed by atoms with Crippen LogP contribution in [-0.2, 0) is 6.54 Å². The molecule has 1 aromatic heterocycles. The lowest BCUT2D eigenvalue weighted by Gasteiger charge is -2.31. The number of carbonyl (C=O) groups excluding carboxylic acids is 1. The normalized spacial score (nSPS) is 20.4. The van der Waals surface area contributed by atoms with Crippen LogP contribution in [0.2, 0.25) is 0 Å². The lowest BCUT2D eigenvalue weighted by molar-refractivity contribution is 0.0688. The number of aromatic nitrogens is 1. The van der Waals surface area contributed by atoms with Crippen LogP contribution < -0.4 is 5.73 Å². The van der Waals surface area contributed by atoms with Crippen LogP contribution in [0.15, 0.2) is 18.3 Å². The highest BCUT2D eigenvalue weighted by molar-refractivity contribution is 5.92. The van der Waals surface area contributed by atoms with Crippen molar-refractivity contribution in [1.82, 2.24) is 9.47 Å². The molecule has 0 spiro atoms. The van der Waals surface area contributed by atoms with E-state index >= 15 is 0 Å². The predicted molar refractivity (Wildman–Crippen MR) is 63.5 cm³/mol. The molecule has 4 nitrogen and oxygen atoms in total. The van der Waals surface area contributed by atoms with E-state index in [0.29, 0.717) is 18.8 Å². The van der Waals surface area contributed by atoms with E-state index in [4.69, 9.17) is 5.73 Å². The van der Waals surface area contributed by atoms with Crippen molar-refractivity contribution in [2.24, 2.45) is 5.73 Å². The third kappa shape index (κ3) is 2.87. The lowest BCUT2D eigenvalue weighted by Crippen LogP contribution is -2.46. The molecule has 1 fully saturated rings. The zero-order valence-electron chi connectivity index (χ0n) is 10.1. The lowest BCUT2D eigenvalue weighted by atomic mass is 10.1. The monoisotopic (exact) mass is 257 g/mol. The summed E-state index contributed by atoms with van der Waals surface area (Å²) in [4.78, 5) is 13.9. The number of nitrogens with zero attached hydrogens (tertiary/aromatic N) is 2. The van der Waals surface area contributed by atoms with Gasteiger partial charge >= 0.3 is 0 Å². The van der Waals surface area contributed by atoms with Crippen LogP contribution in [0.3, 0.4) is 0 Å². The first-order chi connectivity index (χ1) is 8.58. The molecule has 18 heavy (non-hydrogen) atoms. The third-order valence-corrected chi connectivity index (χ3v) is 3.13. The van der Waals surface area contributed by atoms with Gasteiger partial charge in [0.05, 0.1) is 6.54 Å². The van der Waals surface area contributed by atoms with Gasteiger partial charge in [-0.1, -0.05) is 0 Å². The molecule has 100 valence electrons. The molecule has 1 amide bonds. The second-order valence-electron chi connectivity index (χ2n) is 4.59. The first-order valence-electron chi connectivity index (χ1n) is 6.06. The van der Waals surface area contributed by atoms with Gasteiger partial charge in [0.15, 0.2) is 0 Å². The van der Waals surface area contributed by atoms with Crippen molar-refractivity contribution < 1.29 is 13.6 Å². The van der Waals surface area contributed by atoms with Gasteiger partial charge in [0, 0.05) is 25.3 Å². The number of nitrogens with two attached hydrogens (primary N) is 1. The summed E-state index contributed by atoms with van der Waals surface area (Å²) >= 11 is 0. The minimum Gasteiger partial charge on any atom is -0.338 e. The van der Waals surface area contributed by atoms with Gasteiger partial charge in [0.2, 0.25) is 0 Å². The van der Waals surface area contributed by atoms with Gasteiger partial charge in [-0.15, -0.1) is 0 Å². The van der Waals surface area contributed by atoms with Crippen LogP contribution in [0.4, 0.5) is 8.78 Å². The van der Waals surface area contributed by atoms with E-state index in [1.807, 2.05) is 0 Å². The first-order valence-corrected chi connectivity index (χ1v) is 6.06. The smallest absolute Gasteiger partial charge is 0.270 e. The minimum absolute atomic E-state index is 0.0128. The van der Waals surface area contributed by atoms with Crippen molar-refractivity contribution in [1.29, 1.82) is 0 Å². The summed E-state index contributed by atoms with van der Waals surface area (Å²) in [5.41, 5.74) is 6.12. The summed E-state index contributed by atoms with van der Waals surface area (Å²) < 4.78 is 26.1. The van der Waals surface area contributed by atoms with Crippen molar-refractivity contribution in [2.75, 3.05) is 13.1 Å². The Labute approximate surface area is 104 Å². The van der Waals surface area contributed by atoms with Gasteiger partial charge in [-0.25, -0.2) is 8.78 Å². The van der Waals surface area contributed by atoms with Crippen LogP contribution in [-0.4, -0.2) is 40.9 Å². The number of rotatable bonds is 3. The van der Waals surface area contributed by atoms with Gasteiger partial charge in [0.1, 0.15) is 5.69 Å². The number of hydrogen-bond donors (Lipinski definition) is 1. The average Bonchev–Trinajstić information content (AvgIpc) is 2.75. The highest BCUT2D eigenvalue weighted by Crippen LogP contribution is 2.14. The Balaban J connectivity index is 2.10. The van der Waals surface area contributed by atoms with Gasteiger partial charge in [-0.3, -0.25) is 4.79 Å². The quantitative estimate of drug-likeness (QED) is 0.887. The highest BCUT2D eigenvalue weighted by atomic mass is 19.3. The maximum absolute atomic E-state index is 12.4. The summed E-state index contributed by atoms with van der Waals surface area (Å²) in [6.07, 6.45) is 0.806. The number of halogens is 2. The minimum atomic E-state index is -2.47. The molecule has 1 aliphatic heterocycles. The Morgan fingerprint density at radius 1 is 1.56 bits per heavy atom. The fraction of sp³-hybridized carbons (Fsp3) is 0.583. The number of amides is 1. The molecule has 0 bridgehead atoms. The van der Waals surface area contributed by atoms with E-state index < -0.39 is 13.0 Å². The number of carbonyl (C=O) groups is 1. The Kier molecular flexibility index (Phi) is 3.96. The largest absolute Gasteiger partial charge is 0.338 e. The molecule has 0 saturated carbocycles. The molecule has 2 N–H and O–H groups in total. The number of piperidine rings is 1. The molecule has 2 rings (SSSR count). The molecule has 1 aromatic rings. The van der Waals surface area contributed by atoms with Crippen molar-refractivity contribution in [3.63, 3.8) is 0 Å². The van der Waals surface area contributed by atoms with E-state index in [1.165, 1.54) is 10.8 Å². The predicted octanol–water partition coefficient (Wildman–Crippen LogP) is 1.32. The summed E-state index contributed by atoms with van der Waals surface area (Å²) in [7, 11) is 0. The van der Waals surface area contributed by atoms with Crippen LogP contribution in [0.25, 0.3) is 0 Å². The second-order valence-corrected chi connectivity index (χ2v) is 4.59. The Morgan fingerprint density at radius 2 is 2.33 bits per heavy atom. The van der Waals surface area contributed by atoms with E-state index in [9.17, 15) is 13.6 Å². The molecule has 0 radical (unpaired) electrons. The van der Waals surface area contributed by atoms with Gasteiger partial charge in [-0.05, 0) is 25.0 Å². The fourth-order valence-corrected chi connectivity index (χ4v) is 2.27. The molecule has 2 heterocycles. The molecule has 6 heteroatoms. The SMILES string of the molecule is NC1CCCN(C(=O)c2cccn2CC(F)F)C1. The zero-order chi connectivity index (χ0) is 13.1. The fourth-order valence-electron chi connectivity index (χ4n) is 2.27. The molecule has 1 atom stereocenters. The molecule has 0 aromatic carbocycles. The Hall–Kier alpha value is -1.43. The van der Waals surface area contributed by atoms with Gasteiger partial charge in [0.25, 0.3) is 12.3 Å². The van der Waals surface area contributed by atoms with Gasteiger partial charge in [-0.2, -0.15) is 0 Å². The van der Waals surface area contributed by atoms with Crippen LogP contribution in [0.1, 0.15) is 23.3 Å². The number of likely N-dealkylation sites (tertiary alicyclic amines) is 1. The van der Waals surface area contributed by atoms with Crippen molar-refractivity contribution in [2.45, 2.75) is 31.9 Å². The van der Waals surface area contributed by atoms with Crippen molar-refractivity contribution >= 4 is 5.91 Å². The van der Waals surface area contributed by atoms with E-state index in [0.717, 1.165) is 12.8 Å². The Bertz CT molecular complexity index is 419. The second kappa shape index (κ2) is 5.48. The number of hydrogen-bond acceptors (Lipinski definition) is 2. The van der Waals surface area contributed by atoms with E-state index in [-0.39, 0.29) is 11.9 Å². The van der Waals surface area contributed by atoms with Crippen molar-refractivity contribution in [3.8, 4) is 0 Å². The van der Waals surface area contributed by atoms with Crippen LogP contribution >= 0.6 is 0 Å². The summed E-state index contributed by atoms with van der Waals surface area (Å²) in [6.45, 7) is 0.694. The average molecular weight is 257 g/mol. The van der Waals surface area contributed by atoms with Gasteiger partial charge < -0.3 is 15.2 Å². The Morgan fingerprint density at radius 3 is 3.00 bits per heavy atom. The van der Waals surface area contributed by atoms with Crippen LogP contribution in [0, 0.1) is 0 Å². The maximum Gasteiger partial charge on any atom is 0.270 e. The molecule has 1 unspecified atom stereocenters. The summed E-state index contributed by atoms with van der Waals surface area (Å²) in [5, 5.41) is 0. The zero-order valence-corrected chi connectivity index (χ0v) is 10.1. The highest BCUT2D eigenvalue weighted by Gasteiger charge is 2.24. The van der Waals surface area contributed by atoms with Crippen molar-refractivity contribution in [3.05, 3.63) is 24.0 Å². The van der Waals surface area contributed by atoms with E-state index in [1.54, 1.807) is 17.0 Å². The molecule has 0 aliphatic carbocycles. The summed E-state index contributed by atoms with van der Waals surface area (Å²) in [6, 6.07) is 3.17. The topological polar surface area (TPSA) is 51.3 Å². The molecular weight excluding hydrogens is 240 g/mol. The standard InChI is InChI=1S/C12H17F2N3O/c13-11(14)8-16-5-2-4-10(16)12(18)17-6-1-3-9(15)7-17/h2,4-5,9,11H,1,3,6-8,15H2. The molecular formula is C12H17F2N3O. The maximum atomic E-state index is 12.4. The third-order valence-electron chi connectivity index (χ3n) is 3.13. The first kappa shape index (κ1) is 13.0. The van der Waals surface area contributed by atoms with E-state index in [2.05, 4.69) is 0 Å².